The molecule has 2 aromatic rings. The Hall–Kier alpha value is -1.64. The van der Waals surface area contributed by atoms with E-state index in [4.69, 9.17) is 0 Å². The van der Waals surface area contributed by atoms with E-state index in [2.05, 4.69) is 20.7 Å². The molecule has 1 aromatic heterocycles. The Morgan fingerprint density at radius 2 is 2.15 bits per heavy atom. The molecule has 1 aliphatic rings. The summed E-state index contributed by atoms with van der Waals surface area (Å²) in [5.41, 5.74) is 2.37. The normalized spacial score (nSPS) is 15.3. The standard InChI is InChI=1S/C19H26FN5.HI/c1-21-18(22-10-4-5-15-12-24-25(2)13-15)23-14-19(8-9-19)16-6-3-7-17(20)11-16;/h3,6-7,11-13H,4-5,8-10,14H2,1-2H3,(H2,21,22,23);1H. The van der Waals surface area contributed by atoms with Crippen LogP contribution in [-0.2, 0) is 18.9 Å². The Morgan fingerprint density at radius 1 is 1.35 bits per heavy atom. The summed E-state index contributed by atoms with van der Waals surface area (Å²) in [5, 5.41) is 10.9. The fourth-order valence-electron chi connectivity index (χ4n) is 3.11. The lowest BCUT2D eigenvalue weighted by atomic mass is 9.96. The molecule has 0 atom stereocenters. The van der Waals surface area contributed by atoms with Crippen LogP contribution in [0.25, 0.3) is 0 Å². The first kappa shape index (κ1) is 20.7. The third-order valence-corrected chi connectivity index (χ3v) is 4.80. The summed E-state index contributed by atoms with van der Waals surface area (Å²) in [6.07, 6.45) is 8.13. The Balaban J connectivity index is 0.00000243. The number of aliphatic imine (C=N–C) groups is 1. The predicted molar refractivity (Wildman–Crippen MR) is 114 cm³/mol. The van der Waals surface area contributed by atoms with Crippen LogP contribution in [0, 0.1) is 5.82 Å². The molecule has 0 spiro atoms. The van der Waals surface area contributed by atoms with Crippen LogP contribution in [0.3, 0.4) is 0 Å². The molecule has 0 aliphatic heterocycles. The number of aromatic nitrogens is 2. The zero-order valence-corrected chi connectivity index (χ0v) is 17.7. The van der Waals surface area contributed by atoms with Crippen LogP contribution in [0.15, 0.2) is 41.7 Å². The molecule has 3 rings (SSSR count). The zero-order chi connectivity index (χ0) is 17.7. The number of guanidine groups is 1. The molecule has 0 bridgehead atoms. The van der Waals surface area contributed by atoms with Gasteiger partial charge < -0.3 is 10.6 Å². The molecule has 1 fully saturated rings. The molecule has 0 unspecified atom stereocenters. The van der Waals surface area contributed by atoms with Crippen LogP contribution in [-0.4, -0.2) is 35.9 Å². The van der Waals surface area contributed by atoms with Gasteiger partial charge in [0.25, 0.3) is 0 Å². The molecule has 7 heteroatoms. The summed E-state index contributed by atoms with van der Waals surface area (Å²) in [6, 6.07) is 6.95. The summed E-state index contributed by atoms with van der Waals surface area (Å²) >= 11 is 0. The molecule has 0 saturated heterocycles. The second-order valence-corrected chi connectivity index (χ2v) is 6.77. The average molecular weight is 471 g/mol. The van der Waals surface area contributed by atoms with E-state index in [1.807, 2.05) is 30.2 Å². The number of hydrogen-bond acceptors (Lipinski definition) is 2. The lowest BCUT2D eigenvalue weighted by molar-refractivity contribution is 0.606. The Kier molecular flexibility index (Phi) is 7.43. The van der Waals surface area contributed by atoms with Crippen molar-refractivity contribution in [1.82, 2.24) is 20.4 Å². The van der Waals surface area contributed by atoms with Crippen LogP contribution in [0.1, 0.15) is 30.4 Å². The van der Waals surface area contributed by atoms with E-state index in [1.165, 1.54) is 11.6 Å². The van der Waals surface area contributed by atoms with Crippen molar-refractivity contribution >= 4 is 29.9 Å². The lowest BCUT2D eigenvalue weighted by Gasteiger charge is -2.19. The number of aryl methyl sites for hydroxylation is 2. The van der Waals surface area contributed by atoms with Crippen molar-refractivity contribution in [2.75, 3.05) is 20.1 Å². The highest BCUT2D eigenvalue weighted by Crippen LogP contribution is 2.47. The molecule has 1 aromatic carbocycles. The smallest absolute Gasteiger partial charge is 0.191 e. The van der Waals surface area contributed by atoms with Crippen LogP contribution in [0.5, 0.6) is 0 Å². The maximum Gasteiger partial charge on any atom is 0.191 e. The number of halogens is 2. The monoisotopic (exact) mass is 471 g/mol. The SMILES string of the molecule is CN=C(NCCCc1cnn(C)c1)NCC1(c2cccc(F)c2)CC1.I. The molecular formula is C19H27FIN5. The molecule has 0 radical (unpaired) electrons. The molecule has 1 aliphatic carbocycles. The van der Waals surface area contributed by atoms with Crippen molar-refractivity contribution in [3.05, 3.63) is 53.6 Å². The van der Waals surface area contributed by atoms with Crippen molar-refractivity contribution in [1.29, 1.82) is 0 Å². The summed E-state index contributed by atoms with van der Waals surface area (Å²) < 4.78 is 15.3. The number of benzene rings is 1. The van der Waals surface area contributed by atoms with Crippen molar-refractivity contribution in [3.63, 3.8) is 0 Å². The van der Waals surface area contributed by atoms with Gasteiger partial charge in [-0.05, 0) is 48.9 Å². The molecule has 5 nitrogen and oxygen atoms in total. The lowest BCUT2D eigenvalue weighted by Crippen LogP contribution is -2.41. The molecule has 2 N–H and O–H groups in total. The van der Waals surface area contributed by atoms with Crippen LogP contribution < -0.4 is 10.6 Å². The van der Waals surface area contributed by atoms with Crippen molar-refractivity contribution in [3.8, 4) is 0 Å². The average Bonchev–Trinajstić information content (AvgIpc) is 3.29. The Labute approximate surface area is 171 Å². The van der Waals surface area contributed by atoms with Gasteiger partial charge in [0, 0.05) is 38.8 Å². The largest absolute Gasteiger partial charge is 0.356 e. The number of hydrogen-bond donors (Lipinski definition) is 2. The van der Waals surface area contributed by atoms with E-state index >= 15 is 0 Å². The highest BCUT2D eigenvalue weighted by Gasteiger charge is 2.44. The van der Waals surface area contributed by atoms with Crippen molar-refractivity contribution in [2.45, 2.75) is 31.1 Å². The van der Waals surface area contributed by atoms with Crippen molar-refractivity contribution < 1.29 is 4.39 Å². The quantitative estimate of drug-likeness (QED) is 0.283. The third-order valence-electron chi connectivity index (χ3n) is 4.80. The number of nitrogens with one attached hydrogen (secondary N) is 2. The van der Waals surface area contributed by atoms with E-state index in [1.54, 1.807) is 19.2 Å². The molecule has 1 saturated carbocycles. The highest BCUT2D eigenvalue weighted by atomic mass is 127. The summed E-state index contributed by atoms with van der Waals surface area (Å²) in [7, 11) is 3.71. The van der Waals surface area contributed by atoms with E-state index in [0.29, 0.717) is 0 Å². The first-order valence-electron chi connectivity index (χ1n) is 8.79. The summed E-state index contributed by atoms with van der Waals surface area (Å²) in [5.74, 6) is 0.635. The van der Waals surface area contributed by atoms with E-state index < -0.39 is 0 Å². The maximum atomic E-state index is 13.5. The van der Waals surface area contributed by atoms with Crippen molar-refractivity contribution in [2.24, 2.45) is 12.0 Å². The summed E-state index contributed by atoms with van der Waals surface area (Å²) in [6.45, 7) is 1.63. The second kappa shape index (κ2) is 9.34. The van der Waals surface area contributed by atoms with Gasteiger partial charge in [0.15, 0.2) is 5.96 Å². The minimum Gasteiger partial charge on any atom is -0.356 e. The van der Waals surface area contributed by atoms with Gasteiger partial charge in [-0.25, -0.2) is 4.39 Å². The Bertz CT molecular complexity index is 739. The minimum absolute atomic E-state index is 0. The van der Waals surface area contributed by atoms with Gasteiger partial charge in [0.1, 0.15) is 5.82 Å². The van der Waals surface area contributed by atoms with Crippen LogP contribution >= 0.6 is 24.0 Å². The molecular weight excluding hydrogens is 444 g/mol. The van der Waals surface area contributed by atoms with Gasteiger partial charge in [0.05, 0.1) is 6.20 Å². The van der Waals surface area contributed by atoms with Gasteiger partial charge in [-0.3, -0.25) is 9.67 Å². The fraction of sp³-hybridized carbons (Fsp3) is 0.474. The first-order chi connectivity index (χ1) is 12.1. The molecule has 1 heterocycles. The van der Waals surface area contributed by atoms with Crippen LogP contribution in [0.4, 0.5) is 4.39 Å². The Morgan fingerprint density at radius 3 is 2.77 bits per heavy atom. The van der Waals surface area contributed by atoms with Gasteiger partial charge >= 0.3 is 0 Å². The van der Waals surface area contributed by atoms with E-state index in [9.17, 15) is 4.39 Å². The minimum atomic E-state index is -0.165. The van der Waals surface area contributed by atoms with E-state index in [-0.39, 0.29) is 35.2 Å². The number of rotatable bonds is 7. The highest BCUT2D eigenvalue weighted by molar-refractivity contribution is 14.0. The van der Waals surface area contributed by atoms with Gasteiger partial charge in [-0.15, -0.1) is 24.0 Å². The molecule has 26 heavy (non-hydrogen) atoms. The van der Waals surface area contributed by atoms with Gasteiger partial charge in [-0.2, -0.15) is 5.10 Å². The van der Waals surface area contributed by atoms with Crippen LogP contribution in [0.2, 0.25) is 0 Å². The third kappa shape index (κ3) is 5.43. The van der Waals surface area contributed by atoms with Gasteiger partial charge in [0.2, 0.25) is 0 Å². The van der Waals surface area contributed by atoms with Gasteiger partial charge in [-0.1, -0.05) is 12.1 Å². The first-order valence-corrected chi connectivity index (χ1v) is 8.79. The second-order valence-electron chi connectivity index (χ2n) is 6.77. The number of nitrogens with zero attached hydrogens (tertiary/aromatic N) is 3. The maximum absolute atomic E-state index is 13.5. The molecule has 142 valence electrons. The predicted octanol–water partition coefficient (Wildman–Crippen LogP) is 3.01. The van der Waals surface area contributed by atoms with E-state index in [0.717, 1.165) is 50.3 Å². The zero-order valence-electron chi connectivity index (χ0n) is 15.3. The topological polar surface area (TPSA) is 54.2 Å². The molecule has 0 amide bonds. The summed E-state index contributed by atoms with van der Waals surface area (Å²) in [4.78, 5) is 4.28. The fourth-order valence-corrected chi connectivity index (χ4v) is 3.11.